The van der Waals surface area contributed by atoms with Gasteiger partial charge in [-0.25, -0.2) is 0 Å². The van der Waals surface area contributed by atoms with Gasteiger partial charge in [0.2, 0.25) is 17.6 Å². The van der Waals surface area contributed by atoms with Crippen molar-refractivity contribution < 1.29 is 9.32 Å². The maximum absolute atomic E-state index is 12.6. The average molecular weight is 362 g/mol. The first-order valence-electron chi connectivity index (χ1n) is 9.41. The van der Waals surface area contributed by atoms with Gasteiger partial charge in [0.15, 0.2) is 0 Å². The second-order valence-electron chi connectivity index (χ2n) is 6.91. The number of amides is 1. The Bertz CT molecular complexity index is 901. The predicted octanol–water partition coefficient (Wildman–Crippen LogP) is 4.24. The lowest BCUT2D eigenvalue weighted by molar-refractivity contribution is -0.120. The zero-order valence-corrected chi connectivity index (χ0v) is 15.1. The number of anilines is 1. The highest BCUT2D eigenvalue weighted by Crippen LogP contribution is 2.26. The fourth-order valence-electron chi connectivity index (χ4n) is 3.50. The summed E-state index contributed by atoms with van der Waals surface area (Å²) in [7, 11) is 0. The Balaban J connectivity index is 1.48. The summed E-state index contributed by atoms with van der Waals surface area (Å²) < 4.78 is 5.40. The molecule has 0 atom stereocenters. The van der Waals surface area contributed by atoms with Crippen molar-refractivity contribution >= 4 is 11.6 Å². The molecule has 2 heterocycles. The van der Waals surface area contributed by atoms with Gasteiger partial charge in [0.05, 0.1) is 6.42 Å². The predicted molar refractivity (Wildman–Crippen MR) is 102 cm³/mol. The van der Waals surface area contributed by atoms with E-state index in [4.69, 9.17) is 4.52 Å². The van der Waals surface area contributed by atoms with Crippen LogP contribution in [0.25, 0.3) is 11.4 Å². The fourth-order valence-corrected chi connectivity index (χ4v) is 3.50. The Morgan fingerprint density at radius 2 is 1.96 bits per heavy atom. The fraction of sp³-hybridized carbons (Fsp3) is 0.333. The molecule has 0 saturated heterocycles. The van der Waals surface area contributed by atoms with Crippen molar-refractivity contribution in [3.63, 3.8) is 0 Å². The van der Waals surface area contributed by atoms with E-state index in [2.05, 4.69) is 20.4 Å². The van der Waals surface area contributed by atoms with Crippen molar-refractivity contribution in [2.24, 2.45) is 5.92 Å². The lowest BCUT2D eigenvalue weighted by atomic mass is 9.88. The van der Waals surface area contributed by atoms with Crippen LogP contribution < -0.4 is 5.32 Å². The molecule has 1 amide bonds. The summed E-state index contributed by atoms with van der Waals surface area (Å²) in [5, 5.41) is 7.13. The molecule has 4 rings (SSSR count). The molecule has 1 aliphatic rings. The van der Waals surface area contributed by atoms with Crippen molar-refractivity contribution in [2.75, 3.05) is 5.32 Å². The number of carbonyl (C=O) groups is 1. The molecule has 6 heteroatoms. The minimum Gasteiger partial charge on any atom is -0.339 e. The number of nitrogens with one attached hydrogen (secondary N) is 1. The first-order chi connectivity index (χ1) is 13.3. The molecule has 1 saturated carbocycles. The monoisotopic (exact) mass is 362 g/mol. The summed E-state index contributed by atoms with van der Waals surface area (Å²) in [6.07, 6.45) is 9.34. The molecule has 0 bridgehead atoms. The van der Waals surface area contributed by atoms with Crippen LogP contribution in [0.15, 0.2) is 53.3 Å². The second kappa shape index (κ2) is 8.12. The molecule has 138 valence electrons. The van der Waals surface area contributed by atoms with Crippen molar-refractivity contribution in [1.82, 2.24) is 15.1 Å². The maximum Gasteiger partial charge on any atom is 0.231 e. The third-order valence-corrected chi connectivity index (χ3v) is 4.98. The van der Waals surface area contributed by atoms with Crippen LogP contribution in [-0.2, 0) is 11.2 Å². The number of hydrogen-bond acceptors (Lipinski definition) is 5. The summed E-state index contributed by atoms with van der Waals surface area (Å²) in [5.74, 6) is 1.26. The van der Waals surface area contributed by atoms with Crippen LogP contribution in [0.4, 0.5) is 5.69 Å². The summed E-state index contributed by atoms with van der Waals surface area (Å²) in [5.41, 5.74) is 2.59. The van der Waals surface area contributed by atoms with Crippen molar-refractivity contribution in [3.05, 3.63) is 60.2 Å². The number of carbonyl (C=O) groups excluding carboxylic acids is 1. The summed E-state index contributed by atoms with van der Waals surface area (Å²) in [6.45, 7) is 0. The van der Waals surface area contributed by atoms with Crippen LogP contribution >= 0.6 is 0 Å². The van der Waals surface area contributed by atoms with Crippen LogP contribution in [0.1, 0.15) is 43.6 Å². The van der Waals surface area contributed by atoms with E-state index >= 15 is 0 Å². The minimum absolute atomic E-state index is 0.115. The average Bonchev–Trinajstić information content (AvgIpc) is 3.19. The highest BCUT2D eigenvalue weighted by molar-refractivity contribution is 5.93. The standard InChI is InChI=1S/C21H22N4O2/c26-21(15-7-2-1-3-8-15)23-18-11-5-4-9-16(18)13-19-24-20(25-27-19)17-10-6-12-22-14-17/h4-6,9-12,14-15H,1-3,7-8,13H2,(H,23,26). The number of para-hydroxylation sites is 1. The number of aromatic nitrogens is 3. The Kier molecular flexibility index (Phi) is 5.23. The van der Waals surface area contributed by atoms with Crippen LogP contribution in [0, 0.1) is 5.92 Å². The first-order valence-corrected chi connectivity index (χ1v) is 9.41. The molecule has 0 radical (unpaired) electrons. The van der Waals surface area contributed by atoms with E-state index in [9.17, 15) is 4.79 Å². The summed E-state index contributed by atoms with van der Waals surface area (Å²) >= 11 is 0. The van der Waals surface area contributed by atoms with Crippen LogP contribution in [0.5, 0.6) is 0 Å². The van der Waals surface area contributed by atoms with E-state index in [1.165, 1.54) is 6.42 Å². The lowest BCUT2D eigenvalue weighted by Gasteiger charge is -2.21. The molecule has 0 spiro atoms. The first kappa shape index (κ1) is 17.4. The molecular weight excluding hydrogens is 340 g/mol. The number of benzene rings is 1. The minimum atomic E-state index is 0.115. The van der Waals surface area contributed by atoms with E-state index in [0.717, 1.165) is 42.5 Å². The molecule has 1 aromatic carbocycles. The molecule has 0 aliphatic heterocycles. The van der Waals surface area contributed by atoms with E-state index in [1.807, 2.05) is 36.4 Å². The van der Waals surface area contributed by atoms with Crippen molar-refractivity contribution in [2.45, 2.75) is 38.5 Å². The second-order valence-corrected chi connectivity index (χ2v) is 6.91. The summed E-state index contributed by atoms with van der Waals surface area (Å²) in [4.78, 5) is 21.1. The van der Waals surface area contributed by atoms with Crippen LogP contribution in [0.3, 0.4) is 0 Å². The van der Waals surface area contributed by atoms with E-state index in [-0.39, 0.29) is 11.8 Å². The lowest BCUT2D eigenvalue weighted by Crippen LogP contribution is -2.25. The van der Waals surface area contributed by atoms with Gasteiger partial charge in [-0.15, -0.1) is 0 Å². The zero-order valence-electron chi connectivity index (χ0n) is 15.1. The number of nitrogens with zero attached hydrogens (tertiary/aromatic N) is 3. The molecule has 3 aromatic rings. The SMILES string of the molecule is O=C(Nc1ccccc1Cc1nc(-c2cccnc2)no1)C1CCCCC1. The van der Waals surface area contributed by atoms with Crippen molar-refractivity contribution in [3.8, 4) is 11.4 Å². The van der Waals surface area contributed by atoms with Crippen molar-refractivity contribution in [1.29, 1.82) is 0 Å². The largest absolute Gasteiger partial charge is 0.339 e. The molecule has 1 aliphatic carbocycles. The third kappa shape index (κ3) is 4.22. The molecular formula is C21H22N4O2. The Labute approximate surface area is 158 Å². The smallest absolute Gasteiger partial charge is 0.231 e. The molecule has 1 N–H and O–H groups in total. The topological polar surface area (TPSA) is 80.9 Å². The Hall–Kier alpha value is -3.02. The Morgan fingerprint density at radius 1 is 1.11 bits per heavy atom. The normalized spacial score (nSPS) is 14.8. The van der Waals surface area contributed by atoms with E-state index in [0.29, 0.717) is 18.1 Å². The number of pyridine rings is 1. The van der Waals surface area contributed by atoms with Gasteiger partial charge >= 0.3 is 0 Å². The summed E-state index contributed by atoms with van der Waals surface area (Å²) in [6, 6.07) is 11.5. The van der Waals surface area contributed by atoms with E-state index in [1.54, 1.807) is 12.4 Å². The van der Waals surface area contributed by atoms with Gasteiger partial charge in [0.1, 0.15) is 0 Å². The van der Waals surface area contributed by atoms with Gasteiger partial charge in [-0.3, -0.25) is 9.78 Å². The number of rotatable bonds is 5. The van der Waals surface area contributed by atoms with Gasteiger partial charge in [0.25, 0.3) is 0 Å². The zero-order chi connectivity index (χ0) is 18.5. The number of hydrogen-bond donors (Lipinski definition) is 1. The Morgan fingerprint density at radius 3 is 2.78 bits per heavy atom. The molecule has 6 nitrogen and oxygen atoms in total. The molecule has 27 heavy (non-hydrogen) atoms. The van der Waals surface area contributed by atoms with Gasteiger partial charge in [0, 0.05) is 29.6 Å². The van der Waals surface area contributed by atoms with Gasteiger partial charge in [-0.05, 0) is 36.6 Å². The molecule has 1 fully saturated rings. The van der Waals surface area contributed by atoms with Crippen LogP contribution in [0.2, 0.25) is 0 Å². The highest BCUT2D eigenvalue weighted by atomic mass is 16.5. The quantitative estimate of drug-likeness (QED) is 0.734. The van der Waals surface area contributed by atoms with Gasteiger partial charge in [-0.1, -0.05) is 42.6 Å². The van der Waals surface area contributed by atoms with Crippen LogP contribution in [-0.4, -0.2) is 21.0 Å². The van der Waals surface area contributed by atoms with E-state index < -0.39 is 0 Å². The molecule has 0 unspecified atom stereocenters. The van der Waals surface area contributed by atoms with Gasteiger partial charge < -0.3 is 9.84 Å². The third-order valence-electron chi connectivity index (χ3n) is 4.98. The molecule has 2 aromatic heterocycles. The van der Waals surface area contributed by atoms with Gasteiger partial charge in [-0.2, -0.15) is 4.98 Å². The maximum atomic E-state index is 12.6. The highest BCUT2D eigenvalue weighted by Gasteiger charge is 2.22.